The maximum atomic E-state index is 11.6. The smallest absolute Gasteiger partial charge is 0.240 e. The predicted molar refractivity (Wildman–Crippen MR) is 47.8 cm³/mol. The molecule has 0 atom stereocenters. The van der Waals surface area contributed by atoms with E-state index in [2.05, 4.69) is 15.4 Å². The lowest BCUT2D eigenvalue weighted by atomic mass is 10.3. The van der Waals surface area contributed by atoms with Crippen molar-refractivity contribution < 1.29 is 14.3 Å². The summed E-state index contributed by atoms with van der Waals surface area (Å²) in [5.41, 5.74) is 0.219. The number of ether oxygens (including phenoxy) is 2. The van der Waals surface area contributed by atoms with Crippen LogP contribution in [-0.2, 0) is 9.47 Å². The number of rotatable bonds is 6. The fraction of sp³-hybridized carbons (Fsp3) is 0.625. The van der Waals surface area contributed by atoms with E-state index in [0.717, 1.165) is 0 Å². The first-order valence-electron chi connectivity index (χ1n) is 4.42. The van der Waals surface area contributed by atoms with E-state index in [-0.39, 0.29) is 11.5 Å². The second-order valence-corrected chi connectivity index (χ2v) is 2.46. The Morgan fingerprint density at radius 1 is 1.50 bits per heavy atom. The van der Waals surface area contributed by atoms with Gasteiger partial charge in [-0.25, -0.2) is 0 Å². The molecule has 0 bridgehead atoms. The maximum absolute atomic E-state index is 11.6. The van der Waals surface area contributed by atoms with Crippen LogP contribution in [-0.4, -0.2) is 40.7 Å². The number of aromatic nitrogens is 3. The van der Waals surface area contributed by atoms with Gasteiger partial charge in [-0.1, -0.05) is 0 Å². The number of nitrogens with zero attached hydrogens (tertiary/aromatic N) is 2. The molecule has 1 N–H and O–H groups in total. The Balaban J connectivity index is 2.63. The summed E-state index contributed by atoms with van der Waals surface area (Å²) in [6, 6.07) is 0. The zero-order chi connectivity index (χ0) is 10.4. The number of nitrogens with one attached hydrogen (secondary N) is 1. The first-order valence-corrected chi connectivity index (χ1v) is 4.42. The van der Waals surface area contributed by atoms with Crippen LogP contribution >= 0.6 is 0 Å². The molecular weight excluding hydrogens is 186 g/mol. The number of carbonyl (C=O) groups is 1. The topological polar surface area (TPSA) is 77.1 Å². The van der Waals surface area contributed by atoms with Crippen molar-refractivity contribution in [2.24, 2.45) is 0 Å². The summed E-state index contributed by atoms with van der Waals surface area (Å²) in [6.45, 7) is 4.41. The normalized spacial score (nSPS) is 10.8. The Bertz CT molecular complexity index is 267. The molecule has 1 rings (SSSR count). The Labute approximate surface area is 81.6 Å². The minimum atomic E-state index is -0.880. The summed E-state index contributed by atoms with van der Waals surface area (Å²) in [5, 5.41) is 9.55. The standard InChI is InChI=1S/C8H13N3O3/c1-3-13-8(14-4-2)7(12)6-5-9-11-10-6/h5,8H,3-4H2,1-2H3,(H,9,10,11). The molecule has 78 valence electrons. The predicted octanol–water partition coefficient (Wildman–Crippen LogP) is 0.386. The molecule has 14 heavy (non-hydrogen) atoms. The van der Waals surface area contributed by atoms with Gasteiger partial charge >= 0.3 is 0 Å². The van der Waals surface area contributed by atoms with Crippen molar-refractivity contribution in [3.63, 3.8) is 0 Å². The molecule has 6 heteroatoms. The van der Waals surface area contributed by atoms with Gasteiger partial charge < -0.3 is 9.47 Å². The van der Waals surface area contributed by atoms with Crippen molar-refractivity contribution in [2.45, 2.75) is 20.1 Å². The molecule has 0 fully saturated rings. The molecule has 1 aromatic heterocycles. The number of ketones is 1. The molecule has 1 heterocycles. The minimum absolute atomic E-state index is 0.219. The van der Waals surface area contributed by atoms with Crippen molar-refractivity contribution >= 4 is 5.78 Å². The van der Waals surface area contributed by atoms with E-state index >= 15 is 0 Å². The van der Waals surface area contributed by atoms with Gasteiger partial charge in [0.1, 0.15) is 0 Å². The van der Waals surface area contributed by atoms with Crippen molar-refractivity contribution in [3.05, 3.63) is 11.9 Å². The highest BCUT2D eigenvalue weighted by molar-refractivity contribution is 5.96. The number of hydrogen-bond donors (Lipinski definition) is 1. The second kappa shape index (κ2) is 5.46. The third-order valence-corrected chi connectivity index (χ3v) is 1.52. The molecule has 0 radical (unpaired) electrons. The van der Waals surface area contributed by atoms with Gasteiger partial charge in [0.2, 0.25) is 12.1 Å². The molecule has 0 spiro atoms. The highest BCUT2D eigenvalue weighted by Crippen LogP contribution is 2.03. The fourth-order valence-electron chi connectivity index (χ4n) is 0.943. The van der Waals surface area contributed by atoms with Crippen LogP contribution in [0, 0.1) is 0 Å². The maximum Gasteiger partial charge on any atom is 0.240 e. The zero-order valence-electron chi connectivity index (χ0n) is 8.19. The molecule has 1 aromatic rings. The average molecular weight is 199 g/mol. The van der Waals surface area contributed by atoms with E-state index in [4.69, 9.17) is 9.47 Å². The number of Topliss-reactive ketones (excluding diaryl/α,β-unsaturated/α-hetero) is 1. The summed E-state index contributed by atoms with van der Waals surface area (Å²) >= 11 is 0. The summed E-state index contributed by atoms with van der Waals surface area (Å²) in [6.07, 6.45) is 0.461. The molecule has 0 aliphatic heterocycles. The second-order valence-electron chi connectivity index (χ2n) is 2.46. The van der Waals surface area contributed by atoms with Crippen LogP contribution in [0.3, 0.4) is 0 Å². The number of H-pyrrole nitrogens is 1. The van der Waals surface area contributed by atoms with Gasteiger partial charge in [0.15, 0.2) is 5.69 Å². The van der Waals surface area contributed by atoms with E-state index in [0.29, 0.717) is 13.2 Å². The largest absolute Gasteiger partial charge is 0.346 e. The average Bonchev–Trinajstić information content (AvgIpc) is 2.69. The Kier molecular flexibility index (Phi) is 4.21. The summed E-state index contributed by atoms with van der Waals surface area (Å²) in [4.78, 5) is 11.6. The molecule has 0 saturated heterocycles. The van der Waals surface area contributed by atoms with Gasteiger partial charge in [-0.05, 0) is 13.8 Å². The Morgan fingerprint density at radius 3 is 2.57 bits per heavy atom. The lowest BCUT2D eigenvalue weighted by Gasteiger charge is -2.13. The quantitative estimate of drug-likeness (QED) is 0.529. The van der Waals surface area contributed by atoms with Gasteiger partial charge in [-0.3, -0.25) is 4.79 Å². The molecule has 6 nitrogen and oxygen atoms in total. The summed E-state index contributed by atoms with van der Waals surface area (Å²) in [5.74, 6) is -0.317. The van der Waals surface area contributed by atoms with E-state index in [1.165, 1.54) is 6.20 Å². The van der Waals surface area contributed by atoms with Crippen molar-refractivity contribution in [1.82, 2.24) is 15.4 Å². The number of carbonyl (C=O) groups excluding carboxylic acids is 1. The van der Waals surface area contributed by atoms with Crippen LogP contribution < -0.4 is 0 Å². The van der Waals surface area contributed by atoms with Crippen LogP contribution in [0.1, 0.15) is 24.3 Å². The highest BCUT2D eigenvalue weighted by atomic mass is 16.7. The van der Waals surface area contributed by atoms with Crippen molar-refractivity contribution in [1.29, 1.82) is 0 Å². The molecule has 0 unspecified atom stereocenters. The SMILES string of the molecule is CCOC(OCC)C(=O)c1cn[nH]n1. The fourth-order valence-corrected chi connectivity index (χ4v) is 0.943. The van der Waals surface area contributed by atoms with Crippen LogP contribution in [0.2, 0.25) is 0 Å². The summed E-state index contributed by atoms with van der Waals surface area (Å²) < 4.78 is 10.2. The van der Waals surface area contributed by atoms with Crippen LogP contribution in [0.25, 0.3) is 0 Å². The van der Waals surface area contributed by atoms with E-state index in [1.807, 2.05) is 0 Å². The molecule has 0 aromatic carbocycles. The van der Waals surface area contributed by atoms with Gasteiger partial charge in [-0.15, -0.1) is 0 Å². The first kappa shape index (κ1) is 10.8. The lowest BCUT2D eigenvalue weighted by Crippen LogP contribution is -2.28. The van der Waals surface area contributed by atoms with Gasteiger partial charge in [0.25, 0.3) is 0 Å². The first-order chi connectivity index (χ1) is 6.79. The van der Waals surface area contributed by atoms with Crippen molar-refractivity contribution in [3.8, 4) is 0 Å². The summed E-state index contributed by atoms with van der Waals surface area (Å²) in [7, 11) is 0. The zero-order valence-corrected chi connectivity index (χ0v) is 8.19. The van der Waals surface area contributed by atoms with E-state index in [1.54, 1.807) is 13.8 Å². The van der Waals surface area contributed by atoms with Crippen molar-refractivity contribution in [2.75, 3.05) is 13.2 Å². The van der Waals surface area contributed by atoms with Gasteiger partial charge in [0, 0.05) is 13.2 Å². The number of hydrogen-bond acceptors (Lipinski definition) is 5. The molecule has 0 aliphatic carbocycles. The lowest BCUT2D eigenvalue weighted by molar-refractivity contribution is -0.107. The van der Waals surface area contributed by atoms with Crippen LogP contribution in [0.15, 0.2) is 6.20 Å². The van der Waals surface area contributed by atoms with Crippen LogP contribution in [0.4, 0.5) is 0 Å². The van der Waals surface area contributed by atoms with Gasteiger partial charge in [0.05, 0.1) is 6.20 Å². The van der Waals surface area contributed by atoms with Crippen LogP contribution in [0.5, 0.6) is 0 Å². The minimum Gasteiger partial charge on any atom is -0.346 e. The Hall–Kier alpha value is -1.27. The molecule has 0 saturated carbocycles. The van der Waals surface area contributed by atoms with E-state index in [9.17, 15) is 4.79 Å². The monoisotopic (exact) mass is 199 g/mol. The molecule has 0 aliphatic rings. The number of aromatic amines is 1. The molecule has 0 amide bonds. The van der Waals surface area contributed by atoms with E-state index < -0.39 is 6.29 Å². The third kappa shape index (κ3) is 2.61. The Morgan fingerprint density at radius 2 is 2.14 bits per heavy atom. The highest BCUT2D eigenvalue weighted by Gasteiger charge is 2.22. The van der Waals surface area contributed by atoms with Gasteiger partial charge in [-0.2, -0.15) is 15.4 Å². The molecular formula is C8H13N3O3. The third-order valence-electron chi connectivity index (χ3n) is 1.52.